The van der Waals surface area contributed by atoms with Gasteiger partial charge in [-0.1, -0.05) is 41.9 Å². The van der Waals surface area contributed by atoms with Crippen LogP contribution in [0, 0.1) is 6.92 Å². The summed E-state index contributed by atoms with van der Waals surface area (Å²) in [5.41, 5.74) is 3.54. The molecule has 0 aliphatic heterocycles. The van der Waals surface area contributed by atoms with E-state index in [4.69, 9.17) is 11.6 Å². The Bertz CT molecular complexity index is 737. The molecule has 0 radical (unpaired) electrons. The number of Topliss-reactive ketones (excluding diaryl/α,β-unsaturated/α-hetero) is 1. The van der Waals surface area contributed by atoms with Gasteiger partial charge in [-0.2, -0.15) is 0 Å². The lowest BCUT2D eigenvalue weighted by Gasteiger charge is -2.13. The Labute approximate surface area is 134 Å². The minimum atomic E-state index is -0.379. The Morgan fingerprint density at radius 1 is 1.23 bits per heavy atom. The van der Waals surface area contributed by atoms with Crippen LogP contribution in [-0.4, -0.2) is 11.7 Å². The van der Waals surface area contributed by atoms with Crippen LogP contribution >= 0.6 is 11.6 Å². The third-order valence-corrected chi connectivity index (χ3v) is 4.31. The Morgan fingerprint density at radius 3 is 2.68 bits per heavy atom. The molecule has 22 heavy (non-hydrogen) atoms. The van der Waals surface area contributed by atoms with Gasteiger partial charge in [0.25, 0.3) is 0 Å². The van der Waals surface area contributed by atoms with E-state index in [2.05, 4.69) is 5.32 Å². The van der Waals surface area contributed by atoms with E-state index >= 15 is 0 Å². The minimum absolute atomic E-state index is 0.0466. The number of ketones is 1. The molecule has 3 rings (SSSR count). The number of nitrogens with one attached hydrogen (secondary N) is 1. The van der Waals surface area contributed by atoms with E-state index in [1.807, 2.05) is 31.2 Å². The van der Waals surface area contributed by atoms with Gasteiger partial charge in [0.1, 0.15) is 0 Å². The van der Waals surface area contributed by atoms with Gasteiger partial charge in [-0.05, 0) is 35.7 Å². The Kier molecular flexibility index (Phi) is 3.99. The highest BCUT2D eigenvalue weighted by Crippen LogP contribution is 2.35. The molecule has 0 fully saturated rings. The van der Waals surface area contributed by atoms with Gasteiger partial charge >= 0.3 is 0 Å². The lowest BCUT2D eigenvalue weighted by Crippen LogP contribution is -2.28. The van der Waals surface area contributed by atoms with Crippen LogP contribution in [0.4, 0.5) is 0 Å². The van der Waals surface area contributed by atoms with Gasteiger partial charge in [-0.25, -0.2) is 0 Å². The van der Waals surface area contributed by atoms with Crippen LogP contribution in [0.2, 0.25) is 5.02 Å². The Hall–Kier alpha value is -2.13. The van der Waals surface area contributed by atoms with Crippen molar-refractivity contribution in [1.82, 2.24) is 5.32 Å². The first-order valence-electron chi connectivity index (χ1n) is 7.21. The van der Waals surface area contributed by atoms with Crippen LogP contribution < -0.4 is 5.32 Å². The predicted molar refractivity (Wildman–Crippen MR) is 86.2 cm³/mol. The molecule has 1 atom stereocenters. The average molecular weight is 314 g/mol. The summed E-state index contributed by atoms with van der Waals surface area (Å²) in [6.45, 7) is 2.37. The predicted octanol–water partition coefficient (Wildman–Crippen LogP) is 3.63. The van der Waals surface area contributed by atoms with Crippen molar-refractivity contribution in [1.29, 1.82) is 0 Å². The van der Waals surface area contributed by atoms with Crippen molar-refractivity contribution >= 4 is 23.3 Å². The molecular weight excluding hydrogens is 298 g/mol. The van der Waals surface area contributed by atoms with E-state index in [-0.39, 0.29) is 24.0 Å². The summed E-state index contributed by atoms with van der Waals surface area (Å²) in [4.78, 5) is 24.5. The number of halogens is 1. The highest BCUT2D eigenvalue weighted by molar-refractivity contribution is 6.30. The number of aryl methyl sites for hydroxylation is 1. The molecule has 2 aromatic carbocycles. The van der Waals surface area contributed by atoms with Gasteiger partial charge in [0, 0.05) is 23.6 Å². The normalized spacial score (nSPS) is 16.5. The third-order valence-electron chi connectivity index (χ3n) is 4.06. The molecule has 1 aliphatic carbocycles. The second-order valence-corrected chi connectivity index (χ2v) is 6.00. The number of benzene rings is 2. The standard InChI is InChI=1S/C18H16ClNO2/c1-11-3-2-4-14-16(21)9-15(17(11)14)18(22)20-10-12-5-7-13(19)8-6-12/h2-8,15H,9-10H2,1H3,(H,20,22). The lowest BCUT2D eigenvalue weighted by atomic mass is 9.96. The molecule has 0 spiro atoms. The summed E-state index contributed by atoms with van der Waals surface area (Å²) in [6, 6.07) is 12.9. The van der Waals surface area contributed by atoms with Crippen molar-refractivity contribution < 1.29 is 9.59 Å². The van der Waals surface area contributed by atoms with Crippen molar-refractivity contribution in [3.8, 4) is 0 Å². The zero-order valence-electron chi connectivity index (χ0n) is 12.2. The Morgan fingerprint density at radius 2 is 1.95 bits per heavy atom. The molecule has 0 aromatic heterocycles. The fraction of sp³-hybridized carbons (Fsp3) is 0.222. The highest BCUT2D eigenvalue weighted by atomic mass is 35.5. The van der Waals surface area contributed by atoms with Gasteiger partial charge in [-0.3, -0.25) is 9.59 Å². The zero-order valence-corrected chi connectivity index (χ0v) is 13.0. The van der Waals surface area contributed by atoms with Crippen LogP contribution in [0.5, 0.6) is 0 Å². The smallest absolute Gasteiger partial charge is 0.228 e. The summed E-state index contributed by atoms with van der Waals surface area (Å²) in [6.07, 6.45) is 0.257. The van der Waals surface area contributed by atoms with Crippen molar-refractivity contribution in [3.05, 3.63) is 69.7 Å². The largest absolute Gasteiger partial charge is 0.351 e. The molecule has 1 unspecified atom stereocenters. The van der Waals surface area contributed by atoms with E-state index in [0.717, 1.165) is 16.7 Å². The first kappa shape index (κ1) is 14.8. The average Bonchev–Trinajstić information content (AvgIpc) is 2.85. The van der Waals surface area contributed by atoms with E-state index in [0.29, 0.717) is 17.1 Å². The molecule has 4 heteroatoms. The maximum absolute atomic E-state index is 12.5. The van der Waals surface area contributed by atoms with E-state index in [9.17, 15) is 9.59 Å². The topological polar surface area (TPSA) is 46.2 Å². The number of fused-ring (bicyclic) bond motifs is 1. The molecule has 112 valence electrons. The fourth-order valence-electron chi connectivity index (χ4n) is 2.92. The second kappa shape index (κ2) is 5.93. The highest BCUT2D eigenvalue weighted by Gasteiger charge is 2.35. The zero-order chi connectivity index (χ0) is 15.7. The number of hydrogen-bond acceptors (Lipinski definition) is 2. The van der Waals surface area contributed by atoms with Gasteiger partial charge in [0.15, 0.2) is 5.78 Å². The number of carbonyl (C=O) groups excluding carboxylic acids is 2. The minimum Gasteiger partial charge on any atom is -0.351 e. The monoisotopic (exact) mass is 313 g/mol. The summed E-state index contributed by atoms with van der Waals surface area (Å²) in [5, 5.41) is 3.58. The van der Waals surface area contributed by atoms with Gasteiger partial charge in [0.05, 0.1) is 5.92 Å². The fourth-order valence-corrected chi connectivity index (χ4v) is 3.05. The third kappa shape index (κ3) is 2.77. The SMILES string of the molecule is Cc1cccc2c1C(C(=O)NCc1ccc(Cl)cc1)CC2=O. The maximum atomic E-state index is 12.5. The first-order chi connectivity index (χ1) is 10.6. The van der Waals surface area contributed by atoms with Crippen molar-refractivity contribution in [3.63, 3.8) is 0 Å². The summed E-state index contributed by atoms with van der Waals surface area (Å²) in [7, 11) is 0. The Balaban J connectivity index is 1.74. The quantitative estimate of drug-likeness (QED) is 0.940. The van der Waals surface area contributed by atoms with Crippen LogP contribution in [0.1, 0.15) is 39.4 Å². The molecular formula is C18H16ClNO2. The number of carbonyl (C=O) groups is 2. The van der Waals surface area contributed by atoms with Crippen molar-refractivity contribution in [2.75, 3.05) is 0 Å². The van der Waals surface area contributed by atoms with E-state index in [1.54, 1.807) is 18.2 Å². The molecule has 0 bridgehead atoms. The van der Waals surface area contributed by atoms with Crippen LogP contribution in [0.3, 0.4) is 0 Å². The van der Waals surface area contributed by atoms with Gasteiger partial charge < -0.3 is 5.32 Å². The first-order valence-corrected chi connectivity index (χ1v) is 7.59. The van der Waals surface area contributed by atoms with Crippen LogP contribution in [0.15, 0.2) is 42.5 Å². The molecule has 0 saturated carbocycles. The number of rotatable bonds is 3. The maximum Gasteiger partial charge on any atom is 0.228 e. The number of amides is 1. The molecule has 3 nitrogen and oxygen atoms in total. The molecule has 2 aromatic rings. The summed E-state index contributed by atoms with van der Waals surface area (Å²) in [5.74, 6) is -0.433. The van der Waals surface area contributed by atoms with Crippen LogP contribution in [-0.2, 0) is 11.3 Å². The lowest BCUT2D eigenvalue weighted by molar-refractivity contribution is -0.122. The van der Waals surface area contributed by atoms with E-state index < -0.39 is 0 Å². The van der Waals surface area contributed by atoms with Crippen molar-refractivity contribution in [2.24, 2.45) is 0 Å². The number of hydrogen-bond donors (Lipinski definition) is 1. The van der Waals surface area contributed by atoms with E-state index in [1.165, 1.54) is 0 Å². The summed E-state index contributed by atoms with van der Waals surface area (Å²) >= 11 is 5.84. The van der Waals surface area contributed by atoms with Crippen molar-refractivity contribution in [2.45, 2.75) is 25.8 Å². The molecule has 0 heterocycles. The van der Waals surface area contributed by atoms with Gasteiger partial charge in [0.2, 0.25) is 5.91 Å². The molecule has 1 N–H and O–H groups in total. The molecule has 1 amide bonds. The molecule has 1 aliphatic rings. The molecule has 0 saturated heterocycles. The summed E-state index contributed by atoms with van der Waals surface area (Å²) < 4.78 is 0. The van der Waals surface area contributed by atoms with Gasteiger partial charge in [-0.15, -0.1) is 0 Å². The second-order valence-electron chi connectivity index (χ2n) is 5.56. The van der Waals surface area contributed by atoms with Crippen LogP contribution in [0.25, 0.3) is 0 Å².